The fourth-order valence-electron chi connectivity index (χ4n) is 2.73. The minimum Gasteiger partial charge on any atom is -0.480 e. The van der Waals surface area contributed by atoms with Gasteiger partial charge in [0, 0.05) is 12.8 Å². The summed E-state index contributed by atoms with van der Waals surface area (Å²) in [6, 6.07) is -1.06. The summed E-state index contributed by atoms with van der Waals surface area (Å²) in [7, 11) is 0. The molecule has 0 heterocycles. The fourth-order valence-corrected chi connectivity index (χ4v) is 2.73. The highest BCUT2D eigenvalue weighted by Gasteiger charge is 2.20. The topological polar surface area (TPSA) is 130 Å². The number of unbranched alkanes of at least 4 members (excludes halogenated alkanes) is 5. The maximum atomic E-state index is 11.8. The van der Waals surface area contributed by atoms with E-state index >= 15 is 0 Å². The molecule has 170 valence electrons. The molecule has 30 heavy (non-hydrogen) atoms. The van der Waals surface area contributed by atoms with Crippen molar-refractivity contribution in [1.82, 2.24) is 5.32 Å². The van der Waals surface area contributed by atoms with Crippen LogP contribution in [-0.2, 0) is 14.4 Å². The molecule has 0 saturated carbocycles. The van der Waals surface area contributed by atoms with Crippen molar-refractivity contribution in [3.05, 3.63) is 36.5 Å². The van der Waals surface area contributed by atoms with Crippen LogP contribution in [0.3, 0.4) is 0 Å². The number of allylic oxidation sites excluding steroid dienone is 5. The largest absolute Gasteiger partial charge is 0.480 e. The molecule has 7 nitrogen and oxygen atoms in total. The molecule has 7 heteroatoms. The van der Waals surface area contributed by atoms with Crippen molar-refractivity contribution in [2.45, 2.75) is 89.7 Å². The standard InChI is InChI=1S/C23H38N2O5/c1-19(26)15-13-11-9-7-5-3-2-4-6-8-10-12-14-16-22(28)25-20(23(29)30)17-18-21(24)27/h2-3,7,9,13,15,19-20,26H,4-6,8,10-12,14,16-18H2,1H3,(H2,24,27)(H,25,28)(H,29,30)/t19?,20-/m0/s1. The highest BCUT2D eigenvalue weighted by molar-refractivity contribution is 5.84. The molecule has 0 aromatic carbocycles. The van der Waals surface area contributed by atoms with E-state index in [1.807, 2.05) is 6.08 Å². The third-order valence-corrected chi connectivity index (χ3v) is 4.38. The molecule has 0 spiro atoms. The first-order valence-electron chi connectivity index (χ1n) is 10.8. The lowest BCUT2D eigenvalue weighted by atomic mass is 10.1. The number of hydrogen-bond donors (Lipinski definition) is 4. The van der Waals surface area contributed by atoms with Crippen LogP contribution in [0.1, 0.15) is 77.6 Å². The number of nitrogens with two attached hydrogens (primary N) is 1. The smallest absolute Gasteiger partial charge is 0.326 e. The van der Waals surface area contributed by atoms with Crippen LogP contribution < -0.4 is 11.1 Å². The molecule has 0 aromatic heterocycles. The number of amides is 2. The van der Waals surface area contributed by atoms with E-state index in [2.05, 4.69) is 29.6 Å². The summed E-state index contributed by atoms with van der Waals surface area (Å²) in [5.41, 5.74) is 5.01. The molecule has 0 saturated heterocycles. The van der Waals surface area contributed by atoms with Gasteiger partial charge in [0.25, 0.3) is 0 Å². The molecule has 5 N–H and O–H groups in total. The number of rotatable bonds is 18. The molecular formula is C23H38N2O5. The maximum absolute atomic E-state index is 11.8. The molecule has 0 aliphatic carbocycles. The lowest BCUT2D eigenvalue weighted by molar-refractivity contribution is -0.142. The van der Waals surface area contributed by atoms with Gasteiger partial charge in [-0.15, -0.1) is 0 Å². The first-order chi connectivity index (χ1) is 14.3. The Morgan fingerprint density at radius 2 is 1.50 bits per heavy atom. The number of carbonyl (C=O) groups is 3. The van der Waals surface area contributed by atoms with Crippen molar-refractivity contribution in [2.24, 2.45) is 5.73 Å². The molecule has 2 atom stereocenters. The maximum Gasteiger partial charge on any atom is 0.326 e. The van der Waals surface area contributed by atoms with Gasteiger partial charge in [-0.3, -0.25) is 9.59 Å². The molecule has 0 fully saturated rings. The summed E-state index contributed by atoms with van der Waals surface area (Å²) in [4.78, 5) is 33.7. The van der Waals surface area contributed by atoms with Gasteiger partial charge in [0.05, 0.1) is 6.10 Å². The van der Waals surface area contributed by atoms with Gasteiger partial charge in [-0.25, -0.2) is 4.79 Å². The lowest BCUT2D eigenvalue weighted by Crippen LogP contribution is -2.41. The number of carboxylic acids is 1. The second kappa shape index (κ2) is 18.6. The first kappa shape index (κ1) is 27.6. The lowest BCUT2D eigenvalue weighted by Gasteiger charge is -2.13. The number of carboxylic acid groups (broad SMARTS) is 1. The Labute approximate surface area is 180 Å². The average Bonchev–Trinajstić information content (AvgIpc) is 2.67. The average molecular weight is 423 g/mol. The third kappa shape index (κ3) is 18.9. The van der Waals surface area contributed by atoms with Crippen LogP contribution in [0.25, 0.3) is 0 Å². The van der Waals surface area contributed by atoms with Crippen molar-refractivity contribution in [3.63, 3.8) is 0 Å². The molecule has 2 amide bonds. The van der Waals surface area contributed by atoms with Crippen LogP contribution in [0, 0.1) is 0 Å². The molecule has 0 aliphatic rings. The predicted molar refractivity (Wildman–Crippen MR) is 119 cm³/mol. The first-order valence-corrected chi connectivity index (χ1v) is 10.8. The summed E-state index contributed by atoms with van der Waals surface area (Å²) in [5.74, 6) is -2.03. The fraction of sp³-hybridized carbons (Fsp3) is 0.609. The summed E-state index contributed by atoms with van der Waals surface area (Å²) in [6.45, 7) is 1.73. The summed E-state index contributed by atoms with van der Waals surface area (Å²) >= 11 is 0. The monoisotopic (exact) mass is 422 g/mol. The SMILES string of the molecule is CC(O)C=CCC=CCC=CCCCCCCCC(=O)N[C@@H](CCC(N)=O)C(=O)O. The van der Waals surface area contributed by atoms with Crippen molar-refractivity contribution in [2.75, 3.05) is 0 Å². The Balaban J connectivity index is 3.66. The number of primary amides is 1. The zero-order valence-electron chi connectivity index (χ0n) is 18.1. The van der Waals surface area contributed by atoms with E-state index in [4.69, 9.17) is 15.9 Å². The second-order valence-electron chi connectivity index (χ2n) is 7.35. The second-order valence-corrected chi connectivity index (χ2v) is 7.35. The Kier molecular flexibility index (Phi) is 17.1. The minimum absolute atomic E-state index is 0.0136. The number of carbonyl (C=O) groups excluding carboxylic acids is 2. The number of nitrogens with one attached hydrogen (secondary N) is 1. The van der Waals surface area contributed by atoms with Crippen LogP contribution >= 0.6 is 0 Å². The van der Waals surface area contributed by atoms with Gasteiger partial charge in [0.2, 0.25) is 11.8 Å². The highest BCUT2D eigenvalue weighted by Crippen LogP contribution is 2.08. The number of aliphatic hydroxyl groups is 1. The van der Waals surface area contributed by atoms with Gasteiger partial charge in [-0.05, 0) is 45.4 Å². The minimum atomic E-state index is -1.15. The van der Waals surface area contributed by atoms with E-state index in [0.717, 1.165) is 51.4 Å². The molecule has 1 unspecified atom stereocenters. The van der Waals surface area contributed by atoms with E-state index in [9.17, 15) is 14.4 Å². The van der Waals surface area contributed by atoms with Crippen molar-refractivity contribution in [3.8, 4) is 0 Å². The van der Waals surface area contributed by atoms with Crippen LogP contribution in [0.15, 0.2) is 36.5 Å². The summed E-state index contributed by atoms with van der Waals surface area (Å²) < 4.78 is 0. The van der Waals surface area contributed by atoms with Crippen molar-refractivity contribution < 1.29 is 24.6 Å². The van der Waals surface area contributed by atoms with Crippen LogP contribution in [0.4, 0.5) is 0 Å². The zero-order valence-corrected chi connectivity index (χ0v) is 18.1. The molecule has 0 radical (unpaired) electrons. The Hall–Kier alpha value is -2.41. The Morgan fingerprint density at radius 3 is 2.13 bits per heavy atom. The number of aliphatic hydroxyl groups excluding tert-OH is 1. The van der Waals surface area contributed by atoms with Crippen LogP contribution in [0.5, 0.6) is 0 Å². The normalized spacial score (nSPS) is 13.8. The van der Waals surface area contributed by atoms with Crippen molar-refractivity contribution in [1.29, 1.82) is 0 Å². The Bertz CT molecular complexity index is 582. The van der Waals surface area contributed by atoms with Gasteiger partial charge in [0.1, 0.15) is 6.04 Å². The van der Waals surface area contributed by atoms with Gasteiger partial charge < -0.3 is 21.3 Å². The highest BCUT2D eigenvalue weighted by atomic mass is 16.4. The summed E-state index contributed by atoms with van der Waals surface area (Å²) in [6.07, 6.45) is 19.8. The molecule has 0 aliphatic heterocycles. The van der Waals surface area contributed by atoms with E-state index < -0.39 is 17.9 Å². The quantitative estimate of drug-likeness (QED) is 0.199. The summed E-state index contributed by atoms with van der Waals surface area (Å²) in [5, 5.41) is 20.6. The zero-order chi connectivity index (χ0) is 22.6. The van der Waals surface area contributed by atoms with E-state index in [1.54, 1.807) is 13.0 Å². The van der Waals surface area contributed by atoms with Crippen LogP contribution in [0.2, 0.25) is 0 Å². The Morgan fingerprint density at radius 1 is 0.900 bits per heavy atom. The molecule has 0 rings (SSSR count). The molecule has 0 bridgehead atoms. The molecular weight excluding hydrogens is 384 g/mol. The number of hydrogen-bond acceptors (Lipinski definition) is 4. The van der Waals surface area contributed by atoms with Gasteiger partial charge >= 0.3 is 5.97 Å². The van der Waals surface area contributed by atoms with Crippen molar-refractivity contribution >= 4 is 17.8 Å². The van der Waals surface area contributed by atoms with E-state index in [1.165, 1.54) is 0 Å². The van der Waals surface area contributed by atoms with Gasteiger partial charge in [-0.2, -0.15) is 0 Å². The van der Waals surface area contributed by atoms with Crippen LogP contribution in [-0.4, -0.2) is 40.1 Å². The van der Waals surface area contributed by atoms with Gasteiger partial charge in [-0.1, -0.05) is 55.7 Å². The van der Waals surface area contributed by atoms with E-state index in [0.29, 0.717) is 6.42 Å². The van der Waals surface area contributed by atoms with Gasteiger partial charge in [0.15, 0.2) is 0 Å². The molecule has 0 aromatic rings. The third-order valence-electron chi connectivity index (χ3n) is 4.38. The predicted octanol–water partition coefficient (Wildman–Crippen LogP) is 3.38. The number of aliphatic carboxylic acids is 1. The van der Waals surface area contributed by atoms with E-state index in [-0.39, 0.29) is 24.9 Å².